The number of halogens is 2. The lowest BCUT2D eigenvalue weighted by Gasteiger charge is -2.40. The third kappa shape index (κ3) is 4.96. The SMILES string of the molecule is C[C@H]1CN(c2cc(Oc3ccccc3F)ncn2)CCN1C(=O)Cc1ccc(F)cc1. The summed E-state index contributed by atoms with van der Waals surface area (Å²) in [4.78, 5) is 25.0. The third-order valence-corrected chi connectivity index (χ3v) is 5.22. The lowest BCUT2D eigenvalue weighted by molar-refractivity contribution is -0.132. The van der Waals surface area contributed by atoms with Gasteiger partial charge in [-0.1, -0.05) is 24.3 Å². The summed E-state index contributed by atoms with van der Waals surface area (Å²) in [6, 6.07) is 13.7. The molecule has 6 nitrogen and oxygen atoms in total. The van der Waals surface area contributed by atoms with E-state index in [9.17, 15) is 13.6 Å². The highest BCUT2D eigenvalue weighted by molar-refractivity contribution is 5.79. The van der Waals surface area contributed by atoms with Crippen molar-refractivity contribution in [3.63, 3.8) is 0 Å². The molecule has 0 spiro atoms. The van der Waals surface area contributed by atoms with Crippen LogP contribution >= 0.6 is 0 Å². The van der Waals surface area contributed by atoms with E-state index < -0.39 is 5.82 Å². The minimum atomic E-state index is -0.468. The molecule has 0 bridgehead atoms. The van der Waals surface area contributed by atoms with Gasteiger partial charge >= 0.3 is 0 Å². The Labute approximate surface area is 179 Å². The highest BCUT2D eigenvalue weighted by Crippen LogP contribution is 2.25. The second kappa shape index (κ2) is 9.07. The smallest absolute Gasteiger partial charge is 0.227 e. The molecule has 0 saturated carbocycles. The number of hydrogen-bond acceptors (Lipinski definition) is 5. The molecule has 1 aliphatic rings. The molecule has 1 aromatic heterocycles. The number of piperazine rings is 1. The van der Waals surface area contributed by atoms with E-state index in [4.69, 9.17) is 4.74 Å². The van der Waals surface area contributed by atoms with Gasteiger partial charge in [-0.05, 0) is 36.8 Å². The Morgan fingerprint density at radius 1 is 1.10 bits per heavy atom. The lowest BCUT2D eigenvalue weighted by Crippen LogP contribution is -2.54. The number of para-hydroxylation sites is 1. The van der Waals surface area contributed by atoms with E-state index in [0.717, 1.165) is 5.56 Å². The molecule has 4 rings (SSSR count). The first-order valence-corrected chi connectivity index (χ1v) is 10.0. The van der Waals surface area contributed by atoms with Crippen LogP contribution in [-0.4, -0.2) is 46.5 Å². The van der Waals surface area contributed by atoms with E-state index in [2.05, 4.69) is 9.97 Å². The van der Waals surface area contributed by atoms with Crippen molar-refractivity contribution in [3.8, 4) is 11.6 Å². The van der Waals surface area contributed by atoms with Gasteiger partial charge in [0.25, 0.3) is 0 Å². The summed E-state index contributed by atoms with van der Waals surface area (Å²) in [5, 5.41) is 0. The van der Waals surface area contributed by atoms with Gasteiger partial charge in [-0.2, -0.15) is 0 Å². The van der Waals surface area contributed by atoms with E-state index >= 15 is 0 Å². The van der Waals surface area contributed by atoms with Crippen molar-refractivity contribution < 1.29 is 18.3 Å². The zero-order valence-corrected chi connectivity index (χ0v) is 17.0. The Hall–Kier alpha value is -3.55. The van der Waals surface area contributed by atoms with Crippen molar-refractivity contribution in [2.45, 2.75) is 19.4 Å². The number of nitrogens with zero attached hydrogens (tertiary/aromatic N) is 4. The molecule has 2 heterocycles. The van der Waals surface area contributed by atoms with Crippen molar-refractivity contribution in [1.29, 1.82) is 0 Å². The summed E-state index contributed by atoms with van der Waals surface area (Å²) in [7, 11) is 0. The van der Waals surface area contributed by atoms with Gasteiger partial charge in [0.1, 0.15) is 18.0 Å². The number of benzene rings is 2. The predicted molar refractivity (Wildman–Crippen MR) is 112 cm³/mol. The number of hydrogen-bond donors (Lipinski definition) is 0. The number of carbonyl (C=O) groups is 1. The van der Waals surface area contributed by atoms with Crippen molar-refractivity contribution >= 4 is 11.7 Å². The molecule has 0 radical (unpaired) electrons. The lowest BCUT2D eigenvalue weighted by atomic mass is 10.1. The molecule has 1 atom stereocenters. The Balaban J connectivity index is 1.40. The average molecular weight is 424 g/mol. The van der Waals surface area contributed by atoms with Crippen LogP contribution in [0.1, 0.15) is 12.5 Å². The number of ether oxygens (including phenoxy) is 1. The molecule has 8 heteroatoms. The van der Waals surface area contributed by atoms with Gasteiger partial charge in [0.2, 0.25) is 11.8 Å². The van der Waals surface area contributed by atoms with Gasteiger partial charge in [0.05, 0.1) is 6.42 Å². The first-order chi connectivity index (χ1) is 15.0. The second-order valence-corrected chi connectivity index (χ2v) is 7.43. The van der Waals surface area contributed by atoms with Crippen LogP contribution in [0.15, 0.2) is 60.9 Å². The molecule has 31 heavy (non-hydrogen) atoms. The van der Waals surface area contributed by atoms with Crippen LogP contribution in [-0.2, 0) is 11.2 Å². The maximum Gasteiger partial charge on any atom is 0.227 e. The third-order valence-electron chi connectivity index (χ3n) is 5.22. The highest BCUT2D eigenvalue weighted by Gasteiger charge is 2.28. The van der Waals surface area contributed by atoms with E-state index in [1.807, 2.05) is 16.7 Å². The average Bonchev–Trinajstić information content (AvgIpc) is 2.77. The van der Waals surface area contributed by atoms with Crippen LogP contribution in [0.4, 0.5) is 14.6 Å². The van der Waals surface area contributed by atoms with Crippen molar-refractivity contribution in [2.75, 3.05) is 24.5 Å². The van der Waals surface area contributed by atoms with Crippen molar-refractivity contribution in [3.05, 3.63) is 78.1 Å². The number of amides is 1. The first kappa shape index (κ1) is 20.7. The van der Waals surface area contributed by atoms with Crippen LogP contribution in [0.2, 0.25) is 0 Å². The summed E-state index contributed by atoms with van der Waals surface area (Å²) in [6.45, 7) is 3.70. The van der Waals surface area contributed by atoms with Crippen LogP contribution in [0.3, 0.4) is 0 Å². The Bertz CT molecular complexity index is 1060. The molecular weight excluding hydrogens is 402 g/mol. The summed E-state index contributed by atoms with van der Waals surface area (Å²) in [6.07, 6.45) is 1.61. The van der Waals surface area contributed by atoms with Gasteiger partial charge < -0.3 is 14.5 Å². The fourth-order valence-electron chi connectivity index (χ4n) is 3.61. The number of aromatic nitrogens is 2. The molecule has 0 unspecified atom stereocenters. The minimum absolute atomic E-state index is 0.00465. The van der Waals surface area contributed by atoms with Gasteiger partial charge in [-0.15, -0.1) is 0 Å². The standard InChI is InChI=1S/C23H22F2N4O2/c1-16-14-28(10-11-29(16)23(30)12-17-6-8-18(24)9-7-17)21-13-22(27-15-26-21)31-20-5-3-2-4-19(20)25/h2-9,13,15-16H,10-12,14H2,1H3/t16-/m0/s1. The topological polar surface area (TPSA) is 58.6 Å². The van der Waals surface area contributed by atoms with Crippen molar-refractivity contribution in [2.24, 2.45) is 0 Å². The molecular formula is C23H22F2N4O2. The van der Waals surface area contributed by atoms with E-state index in [1.54, 1.807) is 30.3 Å². The van der Waals surface area contributed by atoms with Crippen LogP contribution in [0, 0.1) is 11.6 Å². The van der Waals surface area contributed by atoms with Gasteiger partial charge in [0.15, 0.2) is 11.6 Å². The van der Waals surface area contributed by atoms with Crippen molar-refractivity contribution in [1.82, 2.24) is 14.9 Å². The number of rotatable bonds is 5. The Morgan fingerprint density at radius 3 is 2.61 bits per heavy atom. The summed E-state index contributed by atoms with van der Waals surface area (Å²) >= 11 is 0. The van der Waals surface area contributed by atoms with Gasteiger partial charge in [0, 0.05) is 31.7 Å². The Kier molecular flexibility index (Phi) is 6.06. The molecule has 160 valence electrons. The molecule has 3 aromatic rings. The summed E-state index contributed by atoms with van der Waals surface area (Å²) in [5.41, 5.74) is 0.784. The van der Waals surface area contributed by atoms with E-state index in [1.165, 1.54) is 30.6 Å². The molecule has 1 aliphatic heterocycles. The second-order valence-electron chi connectivity index (χ2n) is 7.43. The number of carbonyl (C=O) groups excluding carboxylic acids is 1. The molecule has 2 aromatic carbocycles. The largest absolute Gasteiger partial charge is 0.436 e. The first-order valence-electron chi connectivity index (χ1n) is 10.0. The van der Waals surface area contributed by atoms with E-state index in [-0.39, 0.29) is 35.8 Å². The highest BCUT2D eigenvalue weighted by atomic mass is 19.1. The molecule has 0 aliphatic carbocycles. The predicted octanol–water partition coefficient (Wildman–Crippen LogP) is 3.83. The fourth-order valence-corrected chi connectivity index (χ4v) is 3.61. The van der Waals surface area contributed by atoms with E-state index in [0.29, 0.717) is 25.5 Å². The van der Waals surface area contributed by atoms with Crippen LogP contribution in [0.5, 0.6) is 11.6 Å². The summed E-state index contributed by atoms with van der Waals surface area (Å²) < 4.78 is 32.5. The monoisotopic (exact) mass is 424 g/mol. The zero-order valence-electron chi connectivity index (χ0n) is 17.0. The van der Waals surface area contributed by atoms with Gasteiger partial charge in [-0.3, -0.25) is 4.79 Å². The Morgan fingerprint density at radius 2 is 1.87 bits per heavy atom. The minimum Gasteiger partial charge on any atom is -0.436 e. The van der Waals surface area contributed by atoms with Crippen LogP contribution < -0.4 is 9.64 Å². The molecule has 1 fully saturated rings. The number of anilines is 1. The summed E-state index contributed by atoms with van der Waals surface area (Å²) in [5.74, 6) is 0.212. The molecule has 0 N–H and O–H groups in total. The zero-order chi connectivity index (χ0) is 21.8. The fraction of sp³-hybridized carbons (Fsp3) is 0.261. The van der Waals surface area contributed by atoms with Gasteiger partial charge in [-0.25, -0.2) is 18.7 Å². The molecule has 1 amide bonds. The quantitative estimate of drug-likeness (QED) is 0.623. The maximum absolute atomic E-state index is 13.8. The van der Waals surface area contributed by atoms with Crippen LogP contribution in [0.25, 0.3) is 0 Å². The normalized spacial score (nSPS) is 16.3. The maximum atomic E-state index is 13.8. The molecule has 1 saturated heterocycles.